The van der Waals surface area contributed by atoms with Crippen molar-refractivity contribution in [3.05, 3.63) is 47.8 Å². The van der Waals surface area contributed by atoms with Crippen LogP contribution in [-0.4, -0.2) is 32.8 Å². The van der Waals surface area contributed by atoms with Crippen LogP contribution in [0.4, 0.5) is 0 Å². The molecule has 0 atom stereocenters. The highest BCUT2D eigenvalue weighted by Crippen LogP contribution is 2.27. The van der Waals surface area contributed by atoms with Gasteiger partial charge in [-0.2, -0.15) is 5.10 Å². The second-order valence-corrected chi connectivity index (χ2v) is 8.18. The van der Waals surface area contributed by atoms with Crippen LogP contribution in [-0.2, 0) is 4.79 Å². The molecule has 0 fully saturated rings. The van der Waals surface area contributed by atoms with Gasteiger partial charge in [0.1, 0.15) is 5.03 Å². The van der Waals surface area contributed by atoms with Gasteiger partial charge in [-0.3, -0.25) is 4.79 Å². The molecule has 142 valence electrons. The molecule has 0 aliphatic rings. The predicted octanol–water partition coefficient (Wildman–Crippen LogP) is 4.27. The Bertz CT molecular complexity index is 949. The normalized spacial score (nSPS) is 11.3. The molecule has 0 radical (unpaired) electrons. The quantitative estimate of drug-likeness (QED) is 0.620. The number of hydrogen-bond acceptors (Lipinski definition) is 4. The molecule has 1 aromatic carbocycles. The summed E-state index contributed by atoms with van der Waals surface area (Å²) in [6.07, 6.45) is 4.56. The lowest BCUT2D eigenvalue weighted by atomic mass is 10.0. The lowest BCUT2D eigenvalue weighted by molar-refractivity contribution is -0.118. The average Bonchev–Trinajstić information content (AvgIpc) is 3.06. The molecule has 2 aromatic heterocycles. The summed E-state index contributed by atoms with van der Waals surface area (Å²) in [5.74, 6) is 0.983. The molecule has 3 aromatic rings. The summed E-state index contributed by atoms with van der Waals surface area (Å²) < 4.78 is 1.83. The van der Waals surface area contributed by atoms with Gasteiger partial charge in [0.2, 0.25) is 5.91 Å². The van der Waals surface area contributed by atoms with Crippen molar-refractivity contribution in [1.82, 2.24) is 19.9 Å². The molecule has 0 unspecified atom stereocenters. The zero-order valence-electron chi connectivity index (χ0n) is 16.3. The highest BCUT2D eigenvalue weighted by atomic mass is 32.2. The third-order valence-electron chi connectivity index (χ3n) is 4.54. The summed E-state index contributed by atoms with van der Waals surface area (Å²) in [6.45, 7) is 9.23. The maximum atomic E-state index is 12.0. The van der Waals surface area contributed by atoms with E-state index in [9.17, 15) is 4.79 Å². The molecule has 5 nitrogen and oxygen atoms in total. The lowest BCUT2D eigenvalue weighted by Gasteiger charge is -2.07. The van der Waals surface area contributed by atoms with E-state index in [0.717, 1.165) is 34.8 Å². The molecule has 0 saturated heterocycles. The van der Waals surface area contributed by atoms with Crippen LogP contribution in [0.2, 0.25) is 0 Å². The number of nitrogens with one attached hydrogen (secondary N) is 1. The Morgan fingerprint density at radius 1 is 1.22 bits per heavy atom. The van der Waals surface area contributed by atoms with Gasteiger partial charge in [-0.1, -0.05) is 37.7 Å². The topological polar surface area (TPSA) is 59.3 Å². The van der Waals surface area contributed by atoms with Gasteiger partial charge in [0.15, 0.2) is 0 Å². The molecule has 2 heterocycles. The molecule has 0 bridgehead atoms. The molecule has 1 N–H and O–H groups in total. The summed E-state index contributed by atoms with van der Waals surface area (Å²) in [4.78, 5) is 16.5. The number of thioether (sulfide) groups is 1. The van der Waals surface area contributed by atoms with Crippen LogP contribution < -0.4 is 5.32 Å². The first kappa shape index (κ1) is 19.4. The van der Waals surface area contributed by atoms with Gasteiger partial charge in [0.25, 0.3) is 0 Å². The van der Waals surface area contributed by atoms with Crippen LogP contribution >= 0.6 is 11.8 Å². The summed E-state index contributed by atoms with van der Waals surface area (Å²) >= 11 is 1.45. The Morgan fingerprint density at radius 2 is 2.04 bits per heavy atom. The van der Waals surface area contributed by atoms with E-state index < -0.39 is 0 Å². The highest BCUT2D eigenvalue weighted by molar-refractivity contribution is 8.00. The summed E-state index contributed by atoms with van der Waals surface area (Å²) in [5.41, 5.74) is 5.43. The van der Waals surface area contributed by atoms with Gasteiger partial charge >= 0.3 is 0 Å². The summed E-state index contributed by atoms with van der Waals surface area (Å²) in [5, 5.41) is 8.46. The Labute approximate surface area is 164 Å². The van der Waals surface area contributed by atoms with E-state index in [4.69, 9.17) is 0 Å². The molecular formula is C21H26N4OS. The van der Waals surface area contributed by atoms with Crippen LogP contribution in [0.5, 0.6) is 0 Å². The van der Waals surface area contributed by atoms with Crippen molar-refractivity contribution in [3.8, 4) is 11.3 Å². The van der Waals surface area contributed by atoms with Crippen molar-refractivity contribution in [2.75, 3.05) is 12.3 Å². The second-order valence-electron chi connectivity index (χ2n) is 7.21. The highest BCUT2D eigenvalue weighted by Gasteiger charge is 2.12. The Balaban J connectivity index is 1.74. The summed E-state index contributed by atoms with van der Waals surface area (Å²) in [7, 11) is 0. The lowest BCUT2D eigenvalue weighted by Crippen LogP contribution is -2.26. The number of carbonyl (C=O) groups excluding carboxylic acids is 1. The first-order valence-corrected chi connectivity index (χ1v) is 10.2. The van der Waals surface area contributed by atoms with Crippen LogP contribution in [0.25, 0.3) is 16.8 Å². The molecule has 0 saturated carbocycles. The number of nitrogens with zero attached hydrogens (tertiary/aromatic N) is 3. The first-order valence-electron chi connectivity index (χ1n) is 9.25. The number of aromatic nitrogens is 3. The molecule has 3 rings (SSSR count). The van der Waals surface area contributed by atoms with E-state index in [2.05, 4.69) is 61.3 Å². The fourth-order valence-corrected chi connectivity index (χ4v) is 3.54. The predicted molar refractivity (Wildman–Crippen MR) is 111 cm³/mol. The minimum atomic E-state index is 0.0401. The van der Waals surface area contributed by atoms with Crippen LogP contribution in [0.15, 0.2) is 41.7 Å². The van der Waals surface area contributed by atoms with Crippen molar-refractivity contribution in [1.29, 1.82) is 0 Å². The third kappa shape index (κ3) is 4.89. The van der Waals surface area contributed by atoms with Gasteiger partial charge in [-0.25, -0.2) is 9.50 Å². The van der Waals surface area contributed by atoms with Gasteiger partial charge in [0, 0.05) is 24.5 Å². The van der Waals surface area contributed by atoms with Crippen molar-refractivity contribution < 1.29 is 4.79 Å². The standard InChI is InChI=1S/C21H26N4OS/c1-14(2)7-8-22-20(26)13-27-21-19-12-18(24-25(19)10-9-23-21)17-6-5-15(3)16(4)11-17/h5-6,9-12,14H,7-8,13H2,1-4H3,(H,22,26). The zero-order valence-corrected chi connectivity index (χ0v) is 17.1. The van der Waals surface area contributed by atoms with E-state index in [1.54, 1.807) is 6.20 Å². The minimum absolute atomic E-state index is 0.0401. The van der Waals surface area contributed by atoms with Crippen LogP contribution in [0, 0.1) is 19.8 Å². The van der Waals surface area contributed by atoms with E-state index in [1.165, 1.54) is 22.9 Å². The Morgan fingerprint density at radius 3 is 2.78 bits per heavy atom. The number of benzene rings is 1. The number of fused-ring (bicyclic) bond motifs is 1. The van der Waals surface area contributed by atoms with Gasteiger partial charge < -0.3 is 5.32 Å². The number of carbonyl (C=O) groups is 1. The van der Waals surface area contributed by atoms with E-state index in [-0.39, 0.29) is 5.91 Å². The van der Waals surface area contributed by atoms with Crippen molar-refractivity contribution in [3.63, 3.8) is 0 Å². The maximum Gasteiger partial charge on any atom is 0.230 e. The van der Waals surface area contributed by atoms with Crippen molar-refractivity contribution in [2.45, 2.75) is 39.1 Å². The van der Waals surface area contributed by atoms with Gasteiger partial charge in [-0.15, -0.1) is 0 Å². The molecule has 6 heteroatoms. The minimum Gasteiger partial charge on any atom is -0.355 e. The number of rotatable bonds is 7. The van der Waals surface area contributed by atoms with Gasteiger partial charge in [-0.05, 0) is 49.4 Å². The molecule has 0 aliphatic carbocycles. The average molecular weight is 383 g/mol. The first-order chi connectivity index (χ1) is 12.9. The van der Waals surface area contributed by atoms with E-state index >= 15 is 0 Å². The smallest absolute Gasteiger partial charge is 0.230 e. The van der Waals surface area contributed by atoms with Crippen molar-refractivity contribution >= 4 is 23.2 Å². The number of aryl methyl sites for hydroxylation is 2. The Hall–Kier alpha value is -2.34. The molecule has 0 spiro atoms. The summed E-state index contributed by atoms with van der Waals surface area (Å²) in [6, 6.07) is 8.40. The molecule has 0 aliphatic heterocycles. The molecule has 1 amide bonds. The number of amides is 1. The van der Waals surface area contributed by atoms with Crippen molar-refractivity contribution in [2.24, 2.45) is 5.92 Å². The zero-order chi connectivity index (χ0) is 19.4. The fourth-order valence-electron chi connectivity index (χ4n) is 2.74. The van der Waals surface area contributed by atoms with Gasteiger partial charge in [0.05, 0.1) is 17.0 Å². The van der Waals surface area contributed by atoms with Crippen LogP contribution in [0.1, 0.15) is 31.4 Å². The van der Waals surface area contributed by atoms with E-state index in [0.29, 0.717) is 11.7 Å². The fraction of sp³-hybridized carbons (Fsp3) is 0.381. The maximum absolute atomic E-state index is 12.0. The largest absolute Gasteiger partial charge is 0.355 e. The molecular weight excluding hydrogens is 356 g/mol. The SMILES string of the molecule is Cc1ccc(-c2cc3c(SCC(=O)NCCC(C)C)nccn3n2)cc1C. The third-order valence-corrected chi connectivity index (χ3v) is 5.54. The van der Waals surface area contributed by atoms with E-state index in [1.807, 2.05) is 16.8 Å². The number of hydrogen-bond donors (Lipinski definition) is 1. The van der Waals surface area contributed by atoms with Crippen LogP contribution in [0.3, 0.4) is 0 Å². The Kier molecular flexibility index (Phi) is 6.16. The monoisotopic (exact) mass is 382 g/mol. The second kappa shape index (κ2) is 8.57. The molecule has 27 heavy (non-hydrogen) atoms.